The van der Waals surface area contributed by atoms with Gasteiger partial charge < -0.3 is 5.73 Å². The number of hydrogen-bond donors (Lipinski definition) is 2. The van der Waals surface area contributed by atoms with Crippen molar-refractivity contribution in [3.63, 3.8) is 0 Å². The third-order valence-electron chi connectivity index (χ3n) is 3.10. The van der Waals surface area contributed by atoms with Crippen molar-refractivity contribution in [2.45, 2.75) is 44.6 Å². The van der Waals surface area contributed by atoms with Crippen LogP contribution in [-0.4, -0.2) is 11.5 Å². The highest BCUT2D eigenvalue weighted by atomic mass is 16.7. The Balaban J connectivity index is 2.07. The van der Waals surface area contributed by atoms with Gasteiger partial charge in [0.25, 0.3) is 5.91 Å². The van der Waals surface area contributed by atoms with Crippen LogP contribution in [0.3, 0.4) is 0 Å². The molecule has 1 fully saturated rings. The SMILES string of the molecule is CC(C)(C)ONC(=O)C1(c2ccc(N)cc2)CC1. The number of nitrogen functional groups attached to an aromatic ring is 1. The molecule has 1 saturated carbocycles. The van der Waals surface area contributed by atoms with E-state index in [9.17, 15) is 4.79 Å². The van der Waals surface area contributed by atoms with Crippen molar-refractivity contribution < 1.29 is 9.63 Å². The average Bonchev–Trinajstić information content (AvgIpc) is 3.07. The number of anilines is 1. The summed E-state index contributed by atoms with van der Waals surface area (Å²) in [6.45, 7) is 5.70. The van der Waals surface area contributed by atoms with Crippen molar-refractivity contribution in [1.82, 2.24) is 5.48 Å². The first-order chi connectivity index (χ1) is 8.33. The van der Waals surface area contributed by atoms with Crippen LogP contribution in [-0.2, 0) is 15.0 Å². The Kier molecular flexibility index (Phi) is 3.07. The van der Waals surface area contributed by atoms with E-state index in [2.05, 4.69) is 5.48 Å². The highest BCUT2D eigenvalue weighted by Gasteiger charge is 2.51. The van der Waals surface area contributed by atoms with Crippen LogP contribution < -0.4 is 11.2 Å². The number of rotatable bonds is 3. The minimum atomic E-state index is -0.418. The van der Waals surface area contributed by atoms with Crippen LogP contribution >= 0.6 is 0 Å². The van der Waals surface area contributed by atoms with E-state index in [0.717, 1.165) is 18.4 Å². The highest BCUT2D eigenvalue weighted by Crippen LogP contribution is 2.48. The Labute approximate surface area is 107 Å². The van der Waals surface area contributed by atoms with Crippen LogP contribution in [0.25, 0.3) is 0 Å². The summed E-state index contributed by atoms with van der Waals surface area (Å²) in [4.78, 5) is 17.5. The summed E-state index contributed by atoms with van der Waals surface area (Å²) >= 11 is 0. The van der Waals surface area contributed by atoms with E-state index in [0.29, 0.717) is 5.69 Å². The molecule has 0 saturated heterocycles. The van der Waals surface area contributed by atoms with Crippen LogP contribution in [0.1, 0.15) is 39.2 Å². The lowest BCUT2D eigenvalue weighted by molar-refractivity contribution is -0.148. The quantitative estimate of drug-likeness (QED) is 0.636. The molecular weight excluding hydrogens is 228 g/mol. The maximum atomic E-state index is 12.2. The molecule has 18 heavy (non-hydrogen) atoms. The molecule has 4 heteroatoms. The van der Waals surface area contributed by atoms with Gasteiger partial charge in [0.15, 0.2) is 0 Å². The summed E-state index contributed by atoms with van der Waals surface area (Å²) in [6, 6.07) is 7.48. The molecule has 0 spiro atoms. The van der Waals surface area contributed by atoms with Crippen LogP contribution in [0.15, 0.2) is 24.3 Å². The molecule has 0 bridgehead atoms. The molecule has 1 aliphatic rings. The van der Waals surface area contributed by atoms with Gasteiger partial charge in [-0.2, -0.15) is 0 Å². The molecule has 98 valence electrons. The van der Waals surface area contributed by atoms with E-state index >= 15 is 0 Å². The van der Waals surface area contributed by atoms with E-state index < -0.39 is 5.41 Å². The van der Waals surface area contributed by atoms with Gasteiger partial charge in [-0.05, 0) is 51.3 Å². The van der Waals surface area contributed by atoms with E-state index in [1.807, 2.05) is 45.0 Å². The Morgan fingerprint density at radius 1 is 1.28 bits per heavy atom. The number of benzene rings is 1. The molecule has 1 aromatic carbocycles. The lowest BCUT2D eigenvalue weighted by atomic mass is 9.95. The third-order valence-corrected chi connectivity index (χ3v) is 3.10. The van der Waals surface area contributed by atoms with Crippen LogP contribution in [0.2, 0.25) is 0 Å². The molecule has 1 aliphatic carbocycles. The lowest BCUT2D eigenvalue weighted by Gasteiger charge is -2.22. The standard InChI is InChI=1S/C14H20N2O2/c1-13(2,3)18-16-12(17)14(8-9-14)10-4-6-11(15)7-5-10/h4-7H,8-9,15H2,1-3H3,(H,16,17). The Morgan fingerprint density at radius 3 is 2.28 bits per heavy atom. The molecule has 1 aromatic rings. The third kappa shape index (κ3) is 2.64. The molecule has 0 atom stereocenters. The lowest BCUT2D eigenvalue weighted by Crippen LogP contribution is -2.39. The van der Waals surface area contributed by atoms with Gasteiger partial charge >= 0.3 is 0 Å². The van der Waals surface area contributed by atoms with Gasteiger partial charge in [0.2, 0.25) is 0 Å². The van der Waals surface area contributed by atoms with Crippen molar-refractivity contribution in [3.8, 4) is 0 Å². The molecule has 1 amide bonds. The fraction of sp³-hybridized carbons (Fsp3) is 0.500. The molecule has 3 N–H and O–H groups in total. The van der Waals surface area contributed by atoms with Crippen molar-refractivity contribution in [3.05, 3.63) is 29.8 Å². The van der Waals surface area contributed by atoms with Gasteiger partial charge in [-0.15, -0.1) is 0 Å². The van der Waals surface area contributed by atoms with Crippen molar-refractivity contribution >= 4 is 11.6 Å². The average molecular weight is 248 g/mol. The molecule has 0 radical (unpaired) electrons. The largest absolute Gasteiger partial charge is 0.399 e. The summed E-state index contributed by atoms with van der Waals surface area (Å²) in [6.07, 6.45) is 1.71. The zero-order valence-electron chi connectivity index (χ0n) is 11.1. The van der Waals surface area contributed by atoms with E-state index in [-0.39, 0.29) is 11.5 Å². The first-order valence-corrected chi connectivity index (χ1v) is 6.18. The summed E-state index contributed by atoms with van der Waals surface area (Å²) in [5.41, 5.74) is 9.14. The normalized spacial score (nSPS) is 17.3. The van der Waals surface area contributed by atoms with Crippen LogP contribution in [0.5, 0.6) is 0 Å². The fourth-order valence-corrected chi connectivity index (χ4v) is 1.87. The predicted octanol–water partition coefficient (Wildman–Crippen LogP) is 2.15. The summed E-state index contributed by atoms with van der Waals surface area (Å²) in [7, 11) is 0. The molecule has 0 aliphatic heterocycles. The number of hydrogen-bond acceptors (Lipinski definition) is 3. The van der Waals surface area contributed by atoms with Crippen LogP contribution in [0.4, 0.5) is 5.69 Å². The number of amides is 1. The van der Waals surface area contributed by atoms with Gasteiger partial charge in [0.1, 0.15) is 0 Å². The van der Waals surface area contributed by atoms with Gasteiger partial charge in [-0.25, -0.2) is 5.48 Å². The minimum Gasteiger partial charge on any atom is -0.399 e. The molecular formula is C14H20N2O2. The highest BCUT2D eigenvalue weighted by molar-refractivity contribution is 5.90. The first-order valence-electron chi connectivity index (χ1n) is 6.18. The Hall–Kier alpha value is -1.55. The molecule has 2 rings (SSSR count). The van der Waals surface area contributed by atoms with Gasteiger partial charge in [-0.3, -0.25) is 9.63 Å². The first kappa shape index (κ1) is 12.9. The van der Waals surface area contributed by atoms with E-state index in [4.69, 9.17) is 10.6 Å². The predicted molar refractivity (Wildman–Crippen MR) is 70.7 cm³/mol. The van der Waals surface area contributed by atoms with Crippen LogP contribution in [0, 0.1) is 0 Å². The maximum Gasteiger partial charge on any atom is 0.254 e. The summed E-state index contributed by atoms with van der Waals surface area (Å²) in [5.74, 6) is -0.0674. The smallest absolute Gasteiger partial charge is 0.254 e. The van der Waals surface area contributed by atoms with Gasteiger partial charge in [0.05, 0.1) is 11.0 Å². The minimum absolute atomic E-state index is 0.0674. The molecule has 0 aromatic heterocycles. The second kappa shape index (κ2) is 4.28. The fourth-order valence-electron chi connectivity index (χ4n) is 1.87. The number of carbonyl (C=O) groups excluding carboxylic acids is 1. The maximum absolute atomic E-state index is 12.2. The van der Waals surface area contributed by atoms with Gasteiger partial charge in [0, 0.05) is 5.69 Å². The second-order valence-electron chi connectivity index (χ2n) is 5.85. The Bertz CT molecular complexity index is 442. The van der Waals surface area contributed by atoms with E-state index in [1.165, 1.54) is 0 Å². The van der Waals surface area contributed by atoms with Gasteiger partial charge in [-0.1, -0.05) is 12.1 Å². The number of carbonyl (C=O) groups is 1. The second-order valence-corrected chi connectivity index (χ2v) is 5.85. The van der Waals surface area contributed by atoms with Crippen molar-refractivity contribution in [1.29, 1.82) is 0 Å². The number of nitrogens with two attached hydrogens (primary N) is 1. The van der Waals surface area contributed by atoms with Crippen molar-refractivity contribution in [2.24, 2.45) is 0 Å². The summed E-state index contributed by atoms with van der Waals surface area (Å²) < 4.78 is 0. The number of nitrogens with one attached hydrogen (secondary N) is 1. The monoisotopic (exact) mass is 248 g/mol. The zero-order valence-corrected chi connectivity index (χ0v) is 11.1. The molecule has 4 nitrogen and oxygen atoms in total. The van der Waals surface area contributed by atoms with E-state index in [1.54, 1.807) is 0 Å². The zero-order chi connectivity index (χ0) is 13.4. The Morgan fingerprint density at radius 2 is 1.83 bits per heavy atom. The van der Waals surface area contributed by atoms with Crippen molar-refractivity contribution in [2.75, 3.05) is 5.73 Å². The summed E-state index contributed by atoms with van der Waals surface area (Å²) in [5, 5.41) is 0. The number of hydroxylamine groups is 1. The topological polar surface area (TPSA) is 64.3 Å². The molecule has 0 unspecified atom stereocenters. The molecule has 0 heterocycles.